The minimum absolute atomic E-state index is 0.242. The van der Waals surface area contributed by atoms with E-state index in [9.17, 15) is 4.79 Å². The first-order chi connectivity index (χ1) is 9.85. The monoisotopic (exact) mass is 297 g/mol. The zero-order chi connectivity index (χ0) is 15.9. The van der Waals surface area contributed by atoms with E-state index in [2.05, 4.69) is 31.1 Å². The van der Waals surface area contributed by atoms with Crippen molar-refractivity contribution >= 4 is 5.91 Å². The first kappa shape index (κ1) is 18.4. The molecule has 0 saturated heterocycles. The molecule has 1 saturated carbocycles. The maximum Gasteiger partial charge on any atom is 0.237 e. The molecule has 1 unspecified atom stereocenters. The van der Waals surface area contributed by atoms with Crippen LogP contribution in [0.3, 0.4) is 0 Å². The summed E-state index contributed by atoms with van der Waals surface area (Å²) in [5.41, 5.74) is 5.00. The molecule has 0 heterocycles. The molecule has 1 fully saturated rings. The Bertz CT molecular complexity index is 311. The summed E-state index contributed by atoms with van der Waals surface area (Å²) in [4.78, 5) is 14.2. The lowest BCUT2D eigenvalue weighted by molar-refractivity contribution is -0.124. The maximum atomic E-state index is 11.7. The summed E-state index contributed by atoms with van der Waals surface area (Å²) in [5, 5.41) is 3.33. The number of nitrogens with zero attached hydrogens (tertiary/aromatic N) is 1. The van der Waals surface area contributed by atoms with E-state index in [-0.39, 0.29) is 11.9 Å². The minimum atomic E-state index is -0.585. The lowest BCUT2D eigenvalue weighted by atomic mass is 9.93. The van der Waals surface area contributed by atoms with E-state index in [1.165, 1.54) is 38.5 Å². The highest BCUT2D eigenvalue weighted by Crippen LogP contribution is 2.22. The van der Waals surface area contributed by atoms with Crippen LogP contribution in [0.4, 0.5) is 0 Å². The smallest absolute Gasteiger partial charge is 0.237 e. The minimum Gasteiger partial charge on any atom is -0.368 e. The normalized spacial score (nSPS) is 20.5. The quantitative estimate of drug-likeness (QED) is 0.677. The van der Waals surface area contributed by atoms with Gasteiger partial charge < -0.3 is 16.0 Å². The topological polar surface area (TPSA) is 58.4 Å². The second-order valence-corrected chi connectivity index (χ2v) is 7.22. The van der Waals surface area contributed by atoms with Crippen molar-refractivity contribution in [2.45, 2.75) is 89.8 Å². The molecular weight excluding hydrogens is 262 g/mol. The fourth-order valence-corrected chi connectivity index (χ4v) is 3.47. The van der Waals surface area contributed by atoms with E-state index in [4.69, 9.17) is 5.73 Å². The van der Waals surface area contributed by atoms with Gasteiger partial charge in [0.1, 0.15) is 0 Å². The molecule has 1 aliphatic rings. The van der Waals surface area contributed by atoms with Crippen molar-refractivity contribution in [3.63, 3.8) is 0 Å². The van der Waals surface area contributed by atoms with E-state index in [0.717, 1.165) is 25.4 Å². The Labute approximate surface area is 130 Å². The predicted octanol–water partition coefficient (Wildman–Crippen LogP) is 2.66. The molecule has 21 heavy (non-hydrogen) atoms. The Morgan fingerprint density at radius 3 is 2.33 bits per heavy atom. The average Bonchev–Trinajstić information content (AvgIpc) is 2.66. The van der Waals surface area contributed by atoms with Gasteiger partial charge >= 0.3 is 0 Å². The Kier molecular flexibility index (Phi) is 7.67. The molecule has 4 heteroatoms. The van der Waals surface area contributed by atoms with Gasteiger partial charge in [0.2, 0.25) is 5.91 Å². The summed E-state index contributed by atoms with van der Waals surface area (Å²) < 4.78 is 0. The fraction of sp³-hybridized carbons (Fsp3) is 0.941. The molecule has 0 aromatic heterocycles. The van der Waals surface area contributed by atoms with Crippen LogP contribution in [0.25, 0.3) is 0 Å². The van der Waals surface area contributed by atoms with Crippen LogP contribution in [0.15, 0.2) is 0 Å². The number of nitrogens with one attached hydrogen (secondary N) is 1. The number of carbonyl (C=O) groups is 1. The van der Waals surface area contributed by atoms with Gasteiger partial charge in [-0.2, -0.15) is 0 Å². The first-order valence-electron chi connectivity index (χ1n) is 8.63. The van der Waals surface area contributed by atoms with E-state index in [1.807, 2.05) is 6.92 Å². The van der Waals surface area contributed by atoms with Crippen LogP contribution in [0, 0.1) is 0 Å². The number of carbonyl (C=O) groups excluding carboxylic acids is 1. The van der Waals surface area contributed by atoms with Crippen LogP contribution in [0.5, 0.6) is 0 Å². The van der Waals surface area contributed by atoms with Gasteiger partial charge in [-0.1, -0.05) is 25.7 Å². The van der Waals surface area contributed by atoms with E-state index < -0.39 is 5.54 Å². The summed E-state index contributed by atoms with van der Waals surface area (Å²) in [6, 6.07) is 0.993. The zero-order valence-corrected chi connectivity index (χ0v) is 14.5. The molecule has 1 rings (SSSR count). The molecule has 1 amide bonds. The molecule has 0 aromatic rings. The maximum absolute atomic E-state index is 11.7. The number of hydrogen-bond acceptors (Lipinski definition) is 3. The van der Waals surface area contributed by atoms with E-state index in [0.29, 0.717) is 0 Å². The van der Waals surface area contributed by atoms with Gasteiger partial charge in [-0.15, -0.1) is 0 Å². The molecule has 1 atom stereocenters. The van der Waals surface area contributed by atoms with Gasteiger partial charge in [-0.25, -0.2) is 0 Å². The second kappa shape index (κ2) is 8.74. The SMILES string of the molecule is CC(C)NC(C)(CCCN(C)C1CCCCCC1)C(N)=O. The Hall–Kier alpha value is -0.610. The van der Waals surface area contributed by atoms with Gasteiger partial charge in [-0.3, -0.25) is 4.79 Å². The van der Waals surface area contributed by atoms with Crippen molar-refractivity contribution in [2.24, 2.45) is 5.73 Å². The molecule has 0 aromatic carbocycles. The lowest BCUT2D eigenvalue weighted by Crippen LogP contribution is -2.55. The first-order valence-corrected chi connectivity index (χ1v) is 8.63. The number of nitrogens with two attached hydrogens (primary N) is 1. The molecule has 0 aliphatic heterocycles. The van der Waals surface area contributed by atoms with Crippen LogP contribution >= 0.6 is 0 Å². The van der Waals surface area contributed by atoms with Crippen molar-refractivity contribution in [1.29, 1.82) is 0 Å². The zero-order valence-electron chi connectivity index (χ0n) is 14.5. The number of primary amides is 1. The second-order valence-electron chi connectivity index (χ2n) is 7.22. The summed E-state index contributed by atoms with van der Waals surface area (Å²) in [5.74, 6) is -0.242. The third-order valence-corrected chi connectivity index (χ3v) is 4.79. The molecule has 1 aliphatic carbocycles. The lowest BCUT2D eigenvalue weighted by Gasteiger charge is -2.32. The summed E-state index contributed by atoms with van der Waals surface area (Å²) >= 11 is 0. The highest BCUT2D eigenvalue weighted by molar-refractivity contribution is 5.84. The Morgan fingerprint density at radius 2 is 1.86 bits per heavy atom. The van der Waals surface area contributed by atoms with Crippen LogP contribution in [0.1, 0.15) is 72.1 Å². The summed E-state index contributed by atoms with van der Waals surface area (Å²) in [7, 11) is 2.23. The fourth-order valence-electron chi connectivity index (χ4n) is 3.47. The van der Waals surface area contributed by atoms with E-state index in [1.54, 1.807) is 0 Å². The molecule has 4 nitrogen and oxygen atoms in total. The van der Waals surface area contributed by atoms with Gasteiger partial charge in [0.05, 0.1) is 5.54 Å². The standard InChI is InChI=1S/C17H35N3O/c1-14(2)19-17(3,16(18)21)12-9-13-20(4)15-10-7-5-6-8-11-15/h14-15,19H,5-13H2,1-4H3,(H2,18,21). The highest BCUT2D eigenvalue weighted by Gasteiger charge is 2.31. The molecule has 0 bridgehead atoms. The Morgan fingerprint density at radius 1 is 1.29 bits per heavy atom. The largest absolute Gasteiger partial charge is 0.368 e. The number of rotatable bonds is 8. The average molecular weight is 297 g/mol. The third-order valence-electron chi connectivity index (χ3n) is 4.79. The number of amides is 1. The van der Waals surface area contributed by atoms with Crippen molar-refractivity contribution < 1.29 is 4.79 Å². The molecule has 0 radical (unpaired) electrons. The summed E-state index contributed by atoms with van der Waals surface area (Å²) in [6.45, 7) is 7.09. The highest BCUT2D eigenvalue weighted by atomic mass is 16.1. The van der Waals surface area contributed by atoms with Crippen LogP contribution in [-0.4, -0.2) is 42.0 Å². The van der Waals surface area contributed by atoms with Crippen molar-refractivity contribution in [2.75, 3.05) is 13.6 Å². The Balaban J connectivity index is 2.40. The van der Waals surface area contributed by atoms with Crippen LogP contribution < -0.4 is 11.1 Å². The molecule has 0 spiro atoms. The molecular formula is C17H35N3O. The van der Waals surface area contributed by atoms with E-state index >= 15 is 0 Å². The van der Waals surface area contributed by atoms with Crippen LogP contribution in [0.2, 0.25) is 0 Å². The van der Waals surface area contributed by atoms with Crippen LogP contribution in [-0.2, 0) is 4.79 Å². The van der Waals surface area contributed by atoms with Gasteiger partial charge in [0.15, 0.2) is 0 Å². The molecule has 3 N–H and O–H groups in total. The van der Waals surface area contributed by atoms with Crippen molar-refractivity contribution in [1.82, 2.24) is 10.2 Å². The van der Waals surface area contributed by atoms with Gasteiger partial charge in [0.25, 0.3) is 0 Å². The van der Waals surface area contributed by atoms with Gasteiger partial charge in [0, 0.05) is 12.1 Å². The third kappa shape index (κ3) is 6.35. The van der Waals surface area contributed by atoms with Gasteiger partial charge in [-0.05, 0) is 60.0 Å². The molecule has 124 valence electrons. The number of hydrogen-bond donors (Lipinski definition) is 2. The van der Waals surface area contributed by atoms with Crippen molar-refractivity contribution in [3.8, 4) is 0 Å². The summed E-state index contributed by atoms with van der Waals surface area (Å²) in [6.07, 6.45) is 9.97. The predicted molar refractivity (Wildman–Crippen MR) is 89.2 cm³/mol. The van der Waals surface area contributed by atoms with Crippen molar-refractivity contribution in [3.05, 3.63) is 0 Å².